The highest BCUT2D eigenvalue weighted by molar-refractivity contribution is 5.74. The summed E-state index contributed by atoms with van der Waals surface area (Å²) in [6.07, 6.45) is 4.41. The van der Waals surface area contributed by atoms with Gasteiger partial charge in [0.15, 0.2) is 0 Å². The second-order valence-corrected chi connectivity index (χ2v) is 5.01. The molecule has 0 radical (unpaired) electrons. The highest BCUT2D eigenvalue weighted by Crippen LogP contribution is 2.12. The molecule has 1 aliphatic rings. The van der Waals surface area contributed by atoms with Crippen molar-refractivity contribution >= 4 is 12.0 Å². The summed E-state index contributed by atoms with van der Waals surface area (Å²) in [4.78, 5) is 21.9. The molecule has 1 aliphatic heterocycles. The Morgan fingerprint density at radius 1 is 1.32 bits per heavy atom. The van der Waals surface area contributed by atoms with E-state index in [2.05, 4.69) is 10.6 Å². The molecule has 0 aromatic heterocycles. The highest BCUT2D eigenvalue weighted by Gasteiger charge is 2.20. The fourth-order valence-corrected chi connectivity index (χ4v) is 2.15. The van der Waals surface area contributed by atoms with Gasteiger partial charge in [0.2, 0.25) is 0 Å². The summed E-state index contributed by atoms with van der Waals surface area (Å²) in [6.45, 7) is 3.29. The van der Waals surface area contributed by atoms with E-state index in [9.17, 15) is 9.59 Å². The number of carbonyl (C=O) groups is 2. The third kappa shape index (κ3) is 7.66. The highest BCUT2D eigenvalue weighted by atomic mass is 16.5. The molecule has 110 valence electrons. The Labute approximate surface area is 113 Å². The first-order chi connectivity index (χ1) is 9.08. The van der Waals surface area contributed by atoms with Gasteiger partial charge < -0.3 is 20.5 Å². The van der Waals surface area contributed by atoms with Crippen LogP contribution in [0.4, 0.5) is 4.79 Å². The summed E-state index contributed by atoms with van der Waals surface area (Å²) in [6, 6.07) is 0.0492. The van der Waals surface area contributed by atoms with E-state index in [1.165, 1.54) is 0 Å². The van der Waals surface area contributed by atoms with Gasteiger partial charge >= 0.3 is 12.0 Å². The van der Waals surface area contributed by atoms with E-state index in [0.717, 1.165) is 25.7 Å². The molecular weight excluding hydrogens is 248 g/mol. The fourth-order valence-electron chi connectivity index (χ4n) is 2.15. The Balaban J connectivity index is 2.00. The molecule has 6 heteroatoms. The van der Waals surface area contributed by atoms with Crippen molar-refractivity contribution < 1.29 is 19.4 Å². The number of urea groups is 1. The zero-order valence-electron chi connectivity index (χ0n) is 11.5. The lowest BCUT2D eigenvalue weighted by Gasteiger charge is -2.27. The summed E-state index contributed by atoms with van der Waals surface area (Å²) in [7, 11) is 0. The third-order valence-corrected chi connectivity index (χ3v) is 3.17. The van der Waals surface area contributed by atoms with E-state index < -0.39 is 5.97 Å². The molecule has 3 N–H and O–H groups in total. The topological polar surface area (TPSA) is 87.7 Å². The van der Waals surface area contributed by atoms with Crippen molar-refractivity contribution in [2.45, 2.75) is 57.6 Å². The Bertz CT molecular complexity index is 296. The lowest BCUT2D eigenvalue weighted by Crippen LogP contribution is -2.46. The molecule has 0 aliphatic carbocycles. The number of hydrogen-bond donors (Lipinski definition) is 3. The van der Waals surface area contributed by atoms with Crippen molar-refractivity contribution in [3.8, 4) is 0 Å². The number of unbranched alkanes of at least 4 members (excludes halogenated alkanes) is 2. The van der Waals surface area contributed by atoms with Gasteiger partial charge in [0.25, 0.3) is 0 Å². The van der Waals surface area contributed by atoms with Crippen LogP contribution in [0.2, 0.25) is 0 Å². The van der Waals surface area contributed by atoms with Crippen LogP contribution in [0, 0.1) is 0 Å². The lowest BCUT2D eigenvalue weighted by molar-refractivity contribution is -0.137. The average Bonchev–Trinajstić information content (AvgIpc) is 2.33. The predicted molar refractivity (Wildman–Crippen MR) is 71.1 cm³/mol. The molecule has 2 unspecified atom stereocenters. The Morgan fingerprint density at radius 2 is 2.11 bits per heavy atom. The fraction of sp³-hybridized carbons (Fsp3) is 0.846. The first-order valence-corrected chi connectivity index (χ1v) is 6.95. The van der Waals surface area contributed by atoms with Crippen molar-refractivity contribution in [1.82, 2.24) is 10.6 Å². The first kappa shape index (κ1) is 15.8. The standard InChI is InChI=1S/C13H24N2O4/c1-10-9-11(6-8-19-10)15-13(18)14-7-4-2-3-5-12(16)17/h10-11H,2-9H2,1H3,(H,16,17)(H2,14,15,18). The van der Waals surface area contributed by atoms with Crippen LogP contribution in [0.5, 0.6) is 0 Å². The average molecular weight is 272 g/mol. The van der Waals surface area contributed by atoms with E-state index in [4.69, 9.17) is 9.84 Å². The van der Waals surface area contributed by atoms with Crippen LogP contribution < -0.4 is 10.6 Å². The number of ether oxygens (including phenoxy) is 1. The first-order valence-electron chi connectivity index (χ1n) is 6.95. The maximum absolute atomic E-state index is 11.6. The molecule has 19 heavy (non-hydrogen) atoms. The largest absolute Gasteiger partial charge is 0.481 e. The van der Waals surface area contributed by atoms with E-state index in [1.54, 1.807) is 0 Å². The van der Waals surface area contributed by atoms with Crippen LogP contribution in [0.15, 0.2) is 0 Å². The Morgan fingerprint density at radius 3 is 2.79 bits per heavy atom. The Hall–Kier alpha value is -1.30. The van der Waals surface area contributed by atoms with Gasteiger partial charge in [-0.05, 0) is 32.6 Å². The van der Waals surface area contributed by atoms with Crippen LogP contribution in [0.25, 0.3) is 0 Å². The summed E-state index contributed by atoms with van der Waals surface area (Å²) in [5.41, 5.74) is 0. The minimum Gasteiger partial charge on any atom is -0.481 e. The Kier molecular flexibility index (Phi) is 7.25. The van der Waals surface area contributed by atoms with Crippen molar-refractivity contribution in [3.05, 3.63) is 0 Å². The van der Waals surface area contributed by atoms with Crippen molar-refractivity contribution in [1.29, 1.82) is 0 Å². The second kappa shape index (κ2) is 8.74. The minimum absolute atomic E-state index is 0.141. The number of nitrogens with one attached hydrogen (secondary N) is 2. The maximum Gasteiger partial charge on any atom is 0.315 e. The lowest BCUT2D eigenvalue weighted by atomic mass is 10.0. The number of aliphatic carboxylic acids is 1. The molecule has 0 aromatic carbocycles. The van der Waals surface area contributed by atoms with Gasteiger partial charge in [-0.25, -0.2) is 4.79 Å². The van der Waals surface area contributed by atoms with Crippen LogP contribution >= 0.6 is 0 Å². The molecule has 0 saturated carbocycles. The van der Waals surface area contributed by atoms with Crippen LogP contribution in [-0.4, -0.2) is 42.4 Å². The number of hydrogen-bond acceptors (Lipinski definition) is 3. The summed E-state index contributed by atoms with van der Waals surface area (Å²) < 4.78 is 5.41. The summed E-state index contributed by atoms with van der Waals surface area (Å²) in [5.74, 6) is -0.765. The minimum atomic E-state index is -0.765. The van der Waals surface area contributed by atoms with Gasteiger partial charge in [-0.1, -0.05) is 6.42 Å². The number of carboxylic acids is 1. The zero-order chi connectivity index (χ0) is 14.1. The molecule has 0 aromatic rings. The zero-order valence-corrected chi connectivity index (χ0v) is 11.5. The van der Waals surface area contributed by atoms with Crippen LogP contribution in [-0.2, 0) is 9.53 Å². The molecule has 2 atom stereocenters. The molecule has 1 heterocycles. The van der Waals surface area contributed by atoms with Gasteiger partial charge in [0.05, 0.1) is 6.10 Å². The molecule has 1 saturated heterocycles. The molecule has 0 bridgehead atoms. The molecule has 1 fully saturated rings. The maximum atomic E-state index is 11.6. The SMILES string of the molecule is CC1CC(NC(=O)NCCCCCC(=O)O)CCO1. The van der Waals surface area contributed by atoms with Crippen LogP contribution in [0.1, 0.15) is 45.4 Å². The second-order valence-electron chi connectivity index (χ2n) is 5.01. The van der Waals surface area contributed by atoms with Gasteiger partial charge in [0.1, 0.15) is 0 Å². The van der Waals surface area contributed by atoms with Crippen molar-refractivity contribution in [2.75, 3.05) is 13.2 Å². The summed E-state index contributed by atoms with van der Waals surface area (Å²) >= 11 is 0. The number of amides is 2. The number of carboxylic acid groups (broad SMARTS) is 1. The van der Waals surface area contributed by atoms with Gasteiger partial charge in [-0.3, -0.25) is 4.79 Å². The third-order valence-electron chi connectivity index (χ3n) is 3.17. The molecule has 0 spiro atoms. The molecule has 2 amide bonds. The van der Waals surface area contributed by atoms with E-state index >= 15 is 0 Å². The van der Waals surface area contributed by atoms with E-state index in [-0.39, 0.29) is 24.6 Å². The van der Waals surface area contributed by atoms with Gasteiger partial charge in [0, 0.05) is 25.6 Å². The van der Waals surface area contributed by atoms with Gasteiger partial charge in [-0.15, -0.1) is 0 Å². The van der Waals surface area contributed by atoms with Crippen LogP contribution in [0.3, 0.4) is 0 Å². The van der Waals surface area contributed by atoms with Crippen molar-refractivity contribution in [3.63, 3.8) is 0 Å². The normalized spacial score (nSPS) is 22.8. The van der Waals surface area contributed by atoms with E-state index in [0.29, 0.717) is 19.6 Å². The predicted octanol–water partition coefficient (Wildman–Crippen LogP) is 1.50. The summed E-state index contributed by atoms with van der Waals surface area (Å²) in [5, 5.41) is 14.2. The van der Waals surface area contributed by atoms with Crippen molar-refractivity contribution in [2.24, 2.45) is 0 Å². The number of carbonyl (C=O) groups excluding carboxylic acids is 1. The molecular formula is C13H24N2O4. The quantitative estimate of drug-likeness (QED) is 0.613. The van der Waals surface area contributed by atoms with E-state index in [1.807, 2.05) is 6.92 Å². The molecule has 1 rings (SSSR count). The number of rotatable bonds is 7. The smallest absolute Gasteiger partial charge is 0.315 e. The monoisotopic (exact) mass is 272 g/mol. The molecule has 6 nitrogen and oxygen atoms in total. The van der Waals surface area contributed by atoms with Gasteiger partial charge in [-0.2, -0.15) is 0 Å².